The number of fused-ring (bicyclic) bond motifs is 1. The normalized spacial score (nSPS) is 12.3. The Bertz CT molecular complexity index is 929. The number of hydrogen-bond donors (Lipinski definition) is 0. The van der Waals surface area contributed by atoms with Crippen LogP contribution < -0.4 is 0 Å². The van der Waals surface area contributed by atoms with E-state index in [1.54, 1.807) is 16.7 Å². The highest BCUT2D eigenvalue weighted by Gasteiger charge is 2.24. The van der Waals surface area contributed by atoms with E-state index in [1.807, 2.05) is 31.2 Å². The quantitative estimate of drug-likeness (QED) is 0.469. The standard InChI is InChI=1S/C18H16ClFN2O2S/c1-3-16(17(23)24-2)25-18-21-13-6-4-5-7-15(13)22(18)14-9-8-11(19)10-12(14)20/h4-10,16H,3H2,1-2H3. The minimum Gasteiger partial charge on any atom is -0.468 e. The monoisotopic (exact) mass is 378 g/mol. The summed E-state index contributed by atoms with van der Waals surface area (Å²) in [6.07, 6.45) is 0.573. The topological polar surface area (TPSA) is 44.1 Å². The van der Waals surface area contributed by atoms with Crippen LogP contribution in [0.15, 0.2) is 47.6 Å². The maximum Gasteiger partial charge on any atom is 0.319 e. The molecule has 0 saturated heterocycles. The van der Waals surface area contributed by atoms with Gasteiger partial charge in [0.1, 0.15) is 11.1 Å². The van der Waals surface area contributed by atoms with E-state index in [1.165, 1.54) is 24.9 Å². The van der Waals surface area contributed by atoms with Gasteiger partial charge in [-0.05, 0) is 36.8 Å². The van der Waals surface area contributed by atoms with E-state index in [0.717, 1.165) is 11.0 Å². The zero-order valence-corrected chi connectivity index (χ0v) is 15.3. The summed E-state index contributed by atoms with van der Waals surface area (Å²) < 4.78 is 21.1. The van der Waals surface area contributed by atoms with Gasteiger partial charge in [-0.1, -0.05) is 42.4 Å². The summed E-state index contributed by atoms with van der Waals surface area (Å²) in [6, 6.07) is 11.9. The Hall–Kier alpha value is -2.05. The molecule has 2 aromatic carbocycles. The predicted octanol–water partition coefficient (Wildman–Crippen LogP) is 4.86. The number of esters is 1. The Morgan fingerprint density at radius 2 is 2.12 bits per heavy atom. The predicted molar refractivity (Wildman–Crippen MR) is 98.0 cm³/mol. The van der Waals surface area contributed by atoms with Crippen molar-refractivity contribution in [2.75, 3.05) is 7.11 Å². The SMILES string of the molecule is CCC(Sc1nc2ccccc2n1-c1ccc(Cl)cc1F)C(=O)OC. The third-order valence-electron chi connectivity index (χ3n) is 3.76. The van der Waals surface area contributed by atoms with Crippen molar-refractivity contribution >= 4 is 40.4 Å². The summed E-state index contributed by atoms with van der Waals surface area (Å²) in [5.74, 6) is -0.786. The van der Waals surface area contributed by atoms with Crippen molar-refractivity contribution in [1.82, 2.24) is 9.55 Å². The molecule has 7 heteroatoms. The summed E-state index contributed by atoms with van der Waals surface area (Å²) in [4.78, 5) is 16.5. The van der Waals surface area contributed by atoms with Gasteiger partial charge in [0.2, 0.25) is 0 Å². The molecular formula is C18H16ClFN2O2S. The molecule has 0 aliphatic rings. The highest BCUT2D eigenvalue weighted by Crippen LogP contribution is 2.33. The number of thioether (sulfide) groups is 1. The number of carbonyl (C=O) groups excluding carboxylic acids is 1. The number of benzene rings is 2. The van der Waals surface area contributed by atoms with Crippen molar-refractivity contribution in [1.29, 1.82) is 0 Å². The molecule has 0 amide bonds. The second-order valence-corrected chi connectivity index (χ2v) is 6.96. The first-order chi connectivity index (χ1) is 12.0. The highest BCUT2D eigenvalue weighted by molar-refractivity contribution is 8.00. The molecule has 4 nitrogen and oxygen atoms in total. The molecule has 0 aliphatic heterocycles. The summed E-state index contributed by atoms with van der Waals surface area (Å²) in [6.45, 7) is 1.89. The number of halogens is 2. The van der Waals surface area contributed by atoms with Gasteiger partial charge >= 0.3 is 5.97 Å². The van der Waals surface area contributed by atoms with E-state index < -0.39 is 11.1 Å². The van der Waals surface area contributed by atoms with Gasteiger partial charge in [0.25, 0.3) is 0 Å². The molecule has 0 fully saturated rings. The molecule has 25 heavy (non-hydrogen) atoms. The van der Waals surface area contributed by atoms with Crippen LogP contribution in [0, 0.1) is 5.82 Å². The lowest BCUT2D eigenvalue weighted by Gasteiger charge is -2.14. The smallest absolute Gasteiger partial charge is 0.319 e. The Balaban J connectivity index is 2.17. The van der Waals surface area contributed by atoms with Gasteiger partial charge in [-0.15, -0.1) is 0 Å². The average molecular weight is 379 g/mol. The van der Waals surface area contributed by atoms with E-state index in [2.05, 4.69) is 4.98 Å². The average Bonchev–Trinajstić information content (AvgIpc) is 2.97. The number of nitrogens with zero attached hydrogens (tertiary/aromatic N) is 2. The molecule has 3 aromatic rings. The van der Waals surface area contributed by atoms with Crippen molar-refractivity contribution in [3.8, 4) is 5.69 Å². The summed E-state index contributed by atoms with van der Waals surface area (Å²) in [5, 5.41) is 0.427. The van der Waals surface area contributed by atoms with Crippen molar-refractivity contribution in [3.05, 3.63) is 53.3 Å². The number of methoxy groups -OCH3 is 1. The summed E-state index contributed by atoms with van der Waals surface area (Å²) >= 11 is 7.13. The molecule has 1 unspecified atom stereocenters. The lowest BCUT2D eigenvalue weighted by molar-refractivity contribution is -0.140. The Kier molecular flexibility index (Phi) is 5.30. The summed E-state index contributed by atoms with van der Waals surface area (Å²) in [7, 11) is 1.35. The largest absolute Gasteiger partial charge is 0.468 e. The lowest BCUT2D eigenvalue weighted by atomic mass is 10.2. The molecule has 0 spiro atoms. The Morgan fingerprint density at radius 1 is 1.36 bits per heavy atom. The Morgan fingerprint density at radius 3 is 2.80 bits per heavy atom. The van der Waals surface area contributed by atoms with E-state index >= 15 is 0 Å². The zero-order valence-electron chi connectivity index (χ0n) is 13.7. The minimum absolute atomic E-state index is 0.320. The first-order valence-corrected chi connectivity index (χ1v) is 8.98. The molecule has 0 N–H and O–H groups in total. The van der Waals surface area contributed by atoms with E-state index in [4.69, 9.17) is 16.3 Å². The third-order valence-corrected chi connectivity index (χ3v) is 5.29. The van der Waals surface area contributed by atoms with E-state index in [0.29, 0.717) is 22.3 Å². The number of hydrogen-bond acceptors (Lipinski definition) is 4. The van der Waals surface area contributed by atoms with E-state index in [-0.39, 0.29) is 5.97 Å². The van der Waals surface area contributed by atoms with Crippen LogP contribution in [0.25, 0.3) is 16.7 Å². The number of ether oxygens (including phenoxy) is 1. The number of para-hydroxylation sites is 2. The fraction of sp³-hybridized carbons (Fsp3) is 0.222. The van der Waals surface area contributed by atoms with Gasteiger partial charge in [0.05, 0.1) is 23.8 Å². The van der Waals surface area contributed by atoms with Gasteiger partial charge in [-0.2, -0.15) is 0 Å². The molecule has 1 atom stereocenters. The maximum atomic E-state index is 14.5. The van der Waals surface area contributed by atoms with Crippen molar-refractivity contribution in [3.63, 3.8) is 0 Å². The first-order valence-electron chi connectivity index (χ1n) is 7.72. The van der Waals surface area contributed by atoms with Crippen LogP contribution in [-0.2, 0) is 9.53 Å². The molecule has 0 aliphatic carbocycles. The fourth-order valence-electron chi connectivity index (χ4n) is 2.54. The molecule has 0 saturated carbocycles. The third kappa shape index (κ3) is 3.50. The second kappa shape index (κ2) is 7.45. The van der Waals surface area contributed by atoms with Crippen LogP contribution in [0.5, 0.6) is 0 Å². The molecule has 0 bridgehead atoms. The molecule has 1 aromatic heterocycles. The maximum absolute atomic E-state index is 14.5. The van der Waals surface area contributed by atoms with Gasteiger partial charge in [0, 0.05) is 5.02 Å². The van der Waals surface area contributed by atoms with Gasteiger partial charge < -0.3 is 4.74 Å². The van der Waals surface area contributed by atoms with Crippen LogP contribution in [0.1, 0.15) is 13.3 Å². The van der Waals surface area contributed by atoms with Gasteiger partial charge in [0.15, 0.2) is 5.16 Å². The van der Waals surface area contributed by atoms with Crippen LogP contribution in [0.2, 0.25) is 5.02 Å². The molecule has 130 valence electrons. The van der Waals surface area contributed by atoms with Crippen LogP contribution in [0.4, 0.5) is 4.39 Å². The zero-order chi connectivity index (χ0) is 18.0. The number of imidazole rings is 1. The van der Waals surface area contributed by atoms with Crippen LogP contribution in [0.3, 0.4) is 0 Å². The number of aromatic nitrogens is 2. The Labute approximate surface area is 154 Å². The minimum atomic E-state index is -0.455. The molecule has 0 radical (unpaired) electrons. The van der Waals surface area contributed by atoms with E-state index in [9.17, 15) is 9.18 Å². The van der Waals surface area contributed by atoms with Crippen molar-refractivity contribution in [2.24, 2.45) is 0 Å². The van der Waals surface area contributed by atoms with Crippen molar-refractivity contribution < 1.29 is 13.9 Å². The fourth-order valence-corrected chi connectivity index (χ4v) is 3.76. The highest BCUT2D eigenvalue weighted by atomic mass is 35.5. The number of carbonyl (C=O) groups is 1. The molecule has 3 rings (SSSR count). The van der Waals surface area contributed by atoms with Crippen LogP contribution in [-0.4, -0.2) is 27.9 Å². The van der Waals surface area contributed by atoms with Crippen molar-refractivity contribution in [2.45, 2.75) is 23.8 Å². The summed E-state index contributed by atoms with van der Waals surface area (Å²) in [5.41, 5.74) is 1.81. The number of rotatable bonds is 5. The molecular weight excluding hydrogens is 363 g/mol. The second-order valence-electron chi connectivity index (χ2n) is 5.35. The van der Waals surface area contributed by atoms with Crippen LogP contribution >= 0.6 is 23.4 Å². The van der Waals surface area contributed by atoms with Gasteiger partial charge in [-0.3, -0.25) is 9.36 Å². The first kappa shape index (κ1) is 17.8. The lowest BCUT2D eigenvalue weighted by Crippen LogP contribution is -2.18. The molecule has 1 heterocycles. The van der Waals surface area contributed by atoms with Gasteiger partial charge in [-0.25, -0.2) is 9.37 Å².